The average molecular weight is 270 g/mol. The summed E-state index contributed by atoms with van der Waals surface area (Å²) >= 11 is 0. The molecule has 2 aromatic rings. The fraction of sp³-hybridized carbons (Fsp3) is 0.500. The largest absolute Gasteiger partial charge is 0.316 e. The second kappa shape index (κ2) is 5.37. The normalized spacial score (nSPS) is 18.7. The third-order valence-electron chi connectivity index (χ3n) is 4.29. The van der Waals surface area contributed by atoms with Crippen molar-refractivity contribution in [1.82, 2.24) is 20.1 Å². The number of aromatic nitrogens is 3. The van der Waals surface area contributed by atoms with Crippen LogP contribution in [0.25, 0.3) is 0 Å². The van der Waals surface area contributed by atoms with Gasteiger partial charge in [0.2, 0.25) is 0 Å². The summed E-state index contributed by atoms with van der Waals surface area (Å²) in [5.74, 6) is 1.66. The van der Waals surface area contributed by atoms with Crippen LogP contribution in [0.15, 0.2) is 30.6 Å². The zero-order valence-electron chi connectivity index (χ0n) is 12.4. The van der Waals surface area contributed by atoms with E-state index >= 15 is 0 Å². The van der Waals surface area contributed by atoms with Crippen molar-refractivity contribution in [2.45, 2.75) is 44.7 Å². The van der Waals surface area contributed by atoms with Gasteiger partial charge in [0, 0.05) is 24.4 Å². The molecule has 0 aliphatic heterocycles. The molecule has 0 saturated heterocycles. The van der Waals surface area contributed by atoms with Crippen LogP contribution in [0.2, 0.25) is 0 Å². The van der Waals surface area contributed by atoms with Gasteiger partial charge in [0.05, 0.1) is 0 Å². The van der Waals surface area contributed by atoms with E-state index in [0.717, 1.165) is 18.7 Å². The van der Waals surface area contributed by atoms with Crippen LogP contribution >= 0.6 is 0 Å². The van der Waals surface area contributed by atoms with E-state index in [1.54, 1.807) is 6.33 Å². The minimum Gasteiger partial charge on any atom is -0.316 e. The van der Waals surface area contributed by atoms with E-state index in [9.17, 15) is 0 Å². The first kappa shape index (κ1) is 13.3. The average Bonchev–Trinajstić information content (AvgIpc) is 2.87. The van der Waals surface area contributed by atoms with Gasteiger partial charge in [0.15, 0.2) is 0 Å². The maximum Gasteiger partial charge on any atom is 0.138 e. The van der Waals surface area contributed by atoms with E-state index in [1.165, 1.54) is 11.1 Å². The maximum atomic E-state index is 4.43. The first-order chi connectivity index (χ1) is 9.70. The molecular formula is C16H22N4. The third-order valence-corrected chi connectivity index (χ3v) is 4.29. The number of hydrogen-bond donors (Lipinski definition) is 1. The molecule has 1 aliphatic carbocycles. The maximum absolute atomic E-state index is 4.43. The molecule has 1 aliphatic rings. The van der Waals surface area contributed by atoms with Gasteiger partial charge >= 0.3 is 0 Å². The molecule has 0 fully saturated rings. The summed E-state index contributed by atoms with van der Waals surface area (Å²) in [6.07, 6.45) is 3.75. The predicted octanol–water partition coefficient (Wildman–Crippen LogP) is 2.33. The molecule has 4 nitrogen and oxygen atoms in total. The third kappa shape index (κ3) is 2.24. The molecule has 0 saturated carbocycles. The Morgan fingerprint density at radius 2 is 2.15 bits per heavy atom. The Labute approximate surface area is 120 Å². The van der Waals surface area contributed by atoms with Crippen LogP contribution in [0.3, 0.4) is 0 Å². The lowest BCUT2D eigenvalue weighted by atomic mass is 9.72. The van der Waals surface area contributed by atoms with Crippen LogP contribution in [0, 0.1) is 0 Å². The van der Waals surface area contributed by atoms with E-state index in [-0.39, 0.29) is 0 Å². The summed E-state index contributed by atoms with van der Waals surface area (Å²) in [6.45, 7) is 4.29. The minimum absolute atomic E-state index is 0.360. The highest BCUT2D eigenvalue weighted by molar-refractivity contribution is 5.41. The van der Waals surface area contributed by atoms with Gasteiger partial charge in [-0.1, -0.05) is 24.3 Å². The smallest absolute Gasteiger partial charge is 0.138 e. The molecular weight excluding hydrogens is 248 g/mol. The zero-order valence-corrected chi connectivity index (χ0v) is 12.4. The Bertz CT molecular complexity index is 588. The number of nitrogens with zero attached hydrogens (tertiary/aromatic N) is 3. The molecule has 1 aromatic heterocycles. The second-order valence-corrected chi connectivity index (χ2v) is 5.82. The highest BCUT2D eigenvalue weighted by atomic mass is 15.3. The lowest BCUT2D eigenvalue weighted by molar-refractivity contribution is 0.399. The molecule has 0 amide bonds. The number of hydrogen-bond acceptors (Lipinski definition) is 3. The van der Waals surface area contributed by atoms with Crippen LogP contribution in [0.1, 0.15) is 42.8 Å². The number of benzene rings is 1. The Balaban J connectivity index is 1.77. The molecule has 0 bridgehead atoms. The van der Waals surface area contributed by atoms with Gasteiger partial charge in [-0.3, -0.25) is 0 Å². The van der Waals surface area contributed by atoms with Crippen LogP contribution in [-0.4, -0.2) is 27.9 Å². The fourth-order valence-corrected chi connectivity index (χ4v) is 3.15. The first-order valence-electron chi connectivity index (χ1n) is 7.34. The van der Waals surface area contributed by atoms with Gasteiger partial charge in [0.1, 0.15) is 12.2 Å². The highest BCUT2D eigenvalue weighted by Gasteiger charge is 2.32. The molecule has 4 heteroatoms. The summed E-state index contributed by atoms with van der Waals surface area (Å²) in [6, 6.07) is 9.52. The summed E-state index contributed by atoms with van der Waals surface area (Å²) in [4.78, 5) is 4.43. The van der Waals surface area contributed by atoms with E-state index < -0.39 is 0 Å². The minimum atomic E-state index is 0.360. The predicted molar refractivity (Wildman–Crippen MR) is 79.8 cm³/mol. The van der Waals surface area contributed by atoms with E-state index in [4.69, 9.17) is 0 Å². The van der Waals surface area contributed by atoms with Gasteiger partial charge in [-0.2, -0.15) is 5.10 Å². The Hall–Kier alpha value is -1.68. The fourth-order valence-electron chi connectivity index (χ4n) is 3.15. The van der Waals surface area contributed by atoms with E-state index in [1.807, 2.05) is 11.7 Å². The monoisotopic (exact) mass is 270 g/mol. The number of nitrogens with one attached hydrogen (secondary N) is 1. The Kier molecular flexibility index (Phi) is 3.57. The molecule has 1 N–H and O–H groups in total. The molecule has 106 valence electrons. The topological polar surface area (TPSA) is 42.7 Å². The SMILES string of the molecule is CNC(Cc1ncnn1C(C)C)C1Cc2ccccc21. The van der Waals surface area contributed by atoms with Crippen molar-refractivity contribution >= 4 is 0 Å². The van der Waals surface area contributed by atoms with Crippen molar-refractivity contribution in [3.63, 3.8) is 0 Å². The van der Waals surface area contributed by atoms with E-state index in [0.29, 0.717) is 18.0 Å². The summed E-state index contributed by atoms with van der Waals surface area (Å²) < 4.78 is 2.02. The Morgan fingerprint density at radius 1 is 1.35 bits per heavy atom. The summed E-state index contributed by atoms with van der Waals surface area (Å²) in [5.41, 5.74) is 2.98. The lowest BCUT2D eigenvalue weighted by Crippen LogP contribution is -2.40. The van der Waals surface area contributed by atoms with Crippen molar-refractivity contribution < 1.29 is 0 Å². The first-order valence-corrected chi connectivity index (χ1v) is 7.34. The number of likely N-dealkylation sites (N-methyl/N-ethyl adjacent to an activating group) is 1. The molecule has 2 unspecified atom stereocenters. The molecule has 0 radical (unpaired) electrons. The highest BCUT2D eigenvalue weighted by Crippen LogP contribution is 2.38. The number of rotatable bonds is 5. The van der Waals surface area contributed by atoms with Crippen molar-refractivity contribution in [2.24, 2.45) is 0 Å². The molecule has 1 heterocycles. The molecule has 2 atom stereocenters. The zero-order chi connectivity index (χ0) is 14.1. The van der Waals surface area contributed by atoms with Gasteiger partial charge in [-0.05, 0) is 38.4 Å². The quantitative estimate of drug-likeness (QED) is 0.906. The van der Waals surface area contributed by atoms with Crippen LogP contribution < -0.4 is 5.32 Å². The van der Waals surface area contributed by atoms with Crippen molar-refractivity contribution in [2.75, 3.05) is 7.05 Å². The standard InChI is InChI=1S/C16H22N4/c1-11(2)20-16(18-10-19-20)9-15(17-3)14-8-12-6-4-5-7-13(12)14/h4-7,10-11,14-15,17H,8-9H2,1-3H3. The van der Waals surface area contributed by atoms with Gasteiger partial charge in [-0.15, -0.1) is 0 Å². The van der Waals surface area contributed by atoms with Gasteiger partial charge < -0.3 is 5.32 Å². The second-order valence-electron chi connectivity index (χ2n) is 5.82. The van der Waals surface area contributed by atoms with Crippen LogP contribution in [0.4, 0.5) is 0 Å². The van der Waals surface area contributed by atoms with Gasteiger partial charge in [-0.25, -0.2) is 9.67 Å². The van der Waals surface area contributed by atoms with Crippen LogP contribution in [0.5, 0.6) is 0 Å². The van der Waals surface area contributed by atoms with Crippen molar-refractivity contribution in [3.8, 4) is 0 Å². The summed E-state index contributed by atoms with van der Waals surface area (Å²) in [5, 5.41) is 7.80. The van der Waals surface area contributed by atoms with Crippen LogP contribution in [-0.2, 0) is 12.8 Å². The van der Waals surface area contributed by atoms with Gasteiger partial charge in [0.25, 0.3) is 0 Å². The molecule has 1 aromatic carbocycles. The Morgan fingerprint density at radius 3 is 2.85 bits per heavy atom. The molecule has 0 spiro atoms. The van der Waals surface area contributed by atoms with E-state index in [2.05, 4.69) is 53.5 Å². The van der Waals surface area contributed by atoms with Crippen molar-refractivity contribution in [1.29, 1.82) is 0 Å². The van der Waals surface area contributed by atoms with Crippen molar-refractivity contribution in [3.05, 3.63) is 47.5 Å². The molecule has 3 rings (SSSR count). The summed E-state index contributed by atoms with van der Waals surface area (Å²) in [7, 11) is 2.04. The number of fused-ring (bicyclic) bond motifs is 1. The molecule has 20 heavy (non-hydrogen) atoms. The lowest BCUT2D eigenvalue weighted by Gasteiger charge is -2.36.